The van der Waals surface area contributed by atoms with Crippen LogP contribution in [0.4, 0.5) is 0 Å². The summed E-state index contributed by atoms with van der Waals surface area (Å²) < 4.78 is 11.8. The van der Waals surface area contributed by atoms with Crippen LogP contribution >= 0.6 is 0 Å². The highest BCUT2D eigenvalue weighted by molar-refractivity contribution is 7.84. The Morgan fingerprint density at radius 2 is 2.19 bits per heavy atom. The van der Waals surface area contributed by atoms with Gasteiger partial charge in [0.15, 0.2) is 0 Å². The summed E-state index contributed by atoms with van der Waals surface area (Å²) >= 11 is 0. The predicted octanol–water partition coefficient (Wildman–Crippen LogP) is 2.37. The van der Waals surface area contributed by atoms with Gasteiger partial charge in [-0.05, 0) is 32.3 Å². The van der Waals surface area contributed by atoms with Gasteiger partial charge in [0.25, 0.3) is 0 Å². The van der Waals surface area contributed by atoms with E-state index in [0.717, 1.165) is 18.6 Å². The summed E-state index contributed by atoms with van der Waals surface area (Å²) in [5, 5.41) is 0. The van der Waals surface area contributed by atoms with E-state index in [1.165, 1.54) is 11.1 Å². The summed E-state index contributed by atoms with van der Waals surface area (Å²) in [5.41, 5.74) is 8.04. The molecule has 0 bridgehead atoms. The van der Waals surface area contributed by atoms with Crippen LogP contribution in [-0.4, -0.2) is 16.0 Å². The average Bonchev–Trinajstić information content (AvgIpc) is 2.16. The van der Waals surface area contributed by atoms with E-state index in [1.807, 2.05) is 19.1 Å². The first-order chi connectivity index (χ1) is 7.58. The lowest BCUT2D eigenvalue weighted by atomic mass is 10.2. The van der Waals surface area contributed by atoms with Gasteiger partial charge < -0.3 is 5.73 Å². The van der Waals surface area contributed by atoms with Crippen molar-refractivity contribution in [1.29, 1.82) is 0 Å². The Hall–Kier alpha value is -0.670. The lowest BCUT2D eigenvalue weighted by Gasteiger charge is -2.05. The Labute approximate surface area is 101 Å². The van der Waals surface area contributed by atoms with E-state index in [1.54, 1.807) is 0 Å². The van der Waals surface area contributed by atoms with Gasteiger partial charge in [-0.25, -0.2) is 0 Å². The van der Waals surface area contributed by atoms with E-state index in [2.05, 4.69) is 19.1 Å². The first-order valence-corrected chi connectivity index (χ1v) is 7.23. The first kappa shape index (κ1) is 13.4. The second kappa shape index (κ2) is 6.81. The van der Waals surface area contributed by atoms with Gasteiger partial charge in [-0.2, -0.15) is 0 Å². The number of hydrogen-bond acceptors (Lipinski definition) is 2. The fraction of sp³-hybridized carbons (Fsp3) is 0.538. The van der Waals surface area contributed by atoms with Gasteiger partial charge in [0.1, 0.15) is 0 Å². The van der Waals surface area contributed by atoms with E-state index in [0.29, 0.717) is 5.75 Å². The molecule has 0 heterocycles. The molecule has 0 saturated carbocycles. The molecule has 2 atom stereocenters. The minimum Gasteiger partial charge on any atom is -0.328 e. The van der Waals surface area contributed by atoms with E-state index in [9.17, 15) is 4.21 Å². The fourth-order valence-corrected chi connectivity index (χ4v) is 2.81. The van der Waals surface area contributed by atoms with Crippen molar-refractivity contribution in [2.45, 2.75) is 38.5 Å². The minimum absolute atomic E-state index is 0.218. The average molecular weight is 239 g/mol. The maximum Gasteiger partial charge on any atom is 0.0485 e. The van der Waals surface area contributed by atoms with Gasteiger partial charge in [-0.15, -0.1) is 0 Å². The Bertz CT molecular complexity index is 350. The van der Waals surface area contributed by atoms with Crippen molar-refractivity contribution in [2.75, 3.05) is 5.75 Å². The molecule has 2 nitrogen and oxygen atoms in total. The van der Waals surface area contributed by atoms with Crippen LogP contribution in [-0.2, 0) is 16.6 Å². The van der Waals surface area contributed by atoms with Gasteiger partial charge in [0.05, 0.1) is 0 Å². The number of rotatable bonds is 6. The van der Waals surface area contributed by atoms with Crippen LogP contribution in [0.25, 0.3) is 0 Å². The Morgan fingerprint density at radius 1 is 1.44 bits per heavy atom. The molecule has 0 aliphatic carbocycles. The van der Waals surface area contributed by atoms with Crippen LogP contribution in [0.5, 0.6) is 0 Å². The predicted molar refractivity (Wildman–Crippen MR) is 70.8 cm³/mol. The highest BCUT2D eigenvalue weighted by Crippen LogP contribution is 2.08. The molecule has 0 aliphatic heterocycles. The zero-order chi connectivity index (χ0) is 12.0. The second-order valence-electron chi connectivity index (χ2n) is 4.40. The topological polar surface area (TPSA) is 43.1 Å². The quantitative estimate of drug-likeness (QED) is 0.828. The Balaban J connectivity index is 2.34. The fourth-order valence-electron chi connectivity index (χ4n) is 1.63. The van der Waals surface area contributed by atoms with Gasteiger partial charge in [-0.3, -0.25) is 4.21 Å². The van der Waals surface area contributed by atoms with Crippen LogP contribution in [0.3, 0.4) is 0 Å². The van der Waals surface area contributed by atoms with Crippen LogP contribution in [0.1, 0.15) is 30.9 Å². The number of hydrogen-bond donors (Lipinski definition) is 1. The third-order valence-corrected chi connectivity index (χ3v) is 3.84. The summed E-state index contributed by atoms with van der Waals surface area (Å²) in [6.07, 6.45) is 1.91. The summed E-state index contributed by atoms with van der Waals surface area (Å²) in [4.78, 5) is 0. The van der Waals surface area contributed by atoms with Crippen LogP contribution in [0.2, 0.25) is 0 Å². The summed E-state index contributed by atoms with van der Waals surface area (Å²) in [6, 6.07) is 8.43. The Kier molecular flexibility index (Phi) is 5.71. The SMILES string of the molecule is Cc1cccc(CS(=O)CCCC(C)N)c1. The van der Waals surface area contributed by atoms with Crippen LogP contribution < -0.4 is 5.73 Å². The maximum atomic E-state index is 11.8. The monoisotopic (exact) mass is 239 g/mol. The molecule has 0 radical (unpaired) electrons. The molecule has 2 N–H and O–H groups in total. The molecule has 0 aromatic heterocycles. The molecule has 1 aromatic carbocycles. The second-order valence-corrected chi connectivity index (χ2v) is 5.97. The minimum atomic E-state index is -0.751. The summed E-state index contributed by atoms with van der Waals surface area (Å²) in [7, 11) is -0.751. The maximum absolute atomic E-state index is 11.8. The van der Waals surface area contributed by atoms with E-state index in [4.69, 9.17) is 5.73 Å². The van der Waals surface area contributed by atoms with Gasteiger partial charge in [0.2, 0.25) is 0 Å². The third-order valence-electron chi connectivity index (χ3n) is 2.44. The molecule has 1 aromatic rings. The number of benzene rings is 1. The van der Waals surface area contributed by atoms with Crippen molar-refractivity contribution in [3.8, 4) is 0 Å². The molecule has 1 rings (SSSR count). The zero-order valence-corrected chi connectivity index (χ0v) is 10.9. The van der Waals surface area contributed by atoms with Crippen molar-refractivity contribution >= 4 is 10.8 Å². The molecule has 0 saturated heterocycles. The van der Waals surface area contributed by atoms with Crippen molar-refractivity contribution in [3.05, 3.63) is 35.4 Å². The van der Waals surface area contributed by atoms with Crippen LogP contribution in [0.15, 0.2) is 24.3 Å². The zero-order valence-electron chi connectivity index (χ0n) is 10.1. The molecule has 0 aliphatic rings. The van der Waals surface area contributed by atoms with E-state index >= 15 is 0 Å². The molecule has 90 valence electrons. The summed E-state index contributed by atoms with van der Waals surface area (Å²) in [6.45, 7) is 4.05. The number of aryl methyl sites for hydroxylation is 1. The van der Waals surface area contributed by atoms with Gasteiger partial charge in [-0.1, -0.05) is 29.8 Å². The third kappa shape index (κ3) is 5.42. The van der Waals surface area contributed by atoms with Gasteiger partial charge in [0, 0.05) is 28.3 Å². The van der Waals surface area contributed by atoms with E-state index < -0.39 is 10.8 Å². The van der Waals surface area contributed by atoms with Crippen molar-refractivity contribution in [2.24, 2.45) is 5.73 Å². The molecule has 0 amide bonds. The van der Waals surface area contributed by atoms with Crippen molar-refractivity contribution in [1.82, 2.24) is 0 Å². The molecule has 16 heavy (non-hydrogen) atoms. The highest BCUT2D eigenvalue weighted by Gasteiger charge is 2.03. The molecule has 2 unspecified atom stereocenters. The van der Waals surface area contributed by atoms with E-state index in [-0.39, 0.29) is 6.04 Å². The molecule has 3 heteroatoms. The van der Waals surface area contributed by atoms with Crippen LogP contribution in [0, 0.1) is 6.92 Å². The largest absolute Gasteiger partial charge is 0.328 e. The number of nitrogens with two attached hydrogens (primary N) is 1. The van der Waals surface area contributed by atoms with Crippen molar-refractivity contribution < 1.29 is 4.21 Å². The molecular weight excluding hydrogens is 218 g/mol. The Morgan fingerprint density at radius 3 is 2.81 bits per heavy atom. The normalized spacial score (nSPS) is 14.7. The lowest BCUT2D eigenvalue weighted by Crippen LogP contribution is -2.15. The lowest BCUT2D eigenvalue weighted by molar-refractivity contribution is 0.643. The smallest absolute Gasteiger partial charge is 0.0485 e. The standard InChI is InChI=1S/C13H21NOS/c1-11-5-3-7-13(9-11)10-16(15)8-4-6-12(2)14/h3,5,7,9,12H,4,6,8,10,14H2,1-2H3. The van der Waals surface area contributed by atoms with Gasteiger partial charge >= 0.3 is 0 Å². The molecular formula is C13H21NOS. The van der Waals surface area contributed by atoms with Crippen molar-refractivity contribution in [3.63, 3.8) is 0 Å². The first-order valence-electron chi connectivity index (χ1n) is 5.74. The summed E-state index contributed by atoms with van der Waals surface area (Å²) in [5.74, 6) is 1.43. The molecule has 0 fully saturated rings. The highest BCUT2D eigenvalue weighted by atomic mass is 32.2. The molecule has 0 spiro atoms.